The van der Waals surface area contributed by atoms with Crippen molar-refractivity contribution in [3.8, 4) is 5.75 Å². The van der Waals surface area contributed by atoms with Crippen LogP contribution >= 0.6 is 0 Å². The van der Waals surface area contributed by atoms with Gasteiger partial charge in [-0.3, -0.25) is 0 Å². The monoisotopic (exact) mass is 477 g/mol. The zero-order valence-electron chi connectivity index (χ0n) is 19.1. The van der Waals surface area contributed by atoms with Gasteiger partial charge < -0.3 is 9.84 Å². The molecule has 0 fully saturated rings. The zero-order chi connectivity index (χ0) is 24.6. The molecule has 6 nitrogen and oxygen atoms in total. The van der Waals surface area contributed by atoms with Crippen molar-refractivity contribution >= 4 is 28.1 Å². The van der Waals surface area contributed by atoms with Crippen LogP contribution in [0.2, 0.25) is 0 Å². The zero-order valence-corrected chi connectivity index (χ0v) is 19.9. The summed E-state index contributed by atoms with van der Waals surface area (Å²) in [6.45, 7) is 2.26. The maximum atomic E-state index is 13.7. The van der Waals surface area contributed by atoms with E-state index in [1.165, 1.54) is 23.6 Å². The van der Waals surface area contributed by atoms with Gasteiger partial charge in [-0.05, 0) is 47.4 Å². The van der Waals surface area contributed by atoms with E-state index in [4.69, 9.17) is 9.84 Å². The van der Waals surface area contributed by atoms with Crippen LogP contribution in [0, 0.1) is 0 Å². The Kier molecular flexibility index (Phi) is 8.40. The lowest BCUT2D eigenvalue weighted by atomic mass is 10.1. The number of sulfonamides is 1. The summed E-state index contributed by atoms with van der Waals surface area (Å²) in [5, 5.41) is 8.80. The highest BCUT2D eigenvalue weighted by atomic mass is 32.2. The minimum absolute atomic E-state index is 0.101. The molecule has 0 bridgehead atoms. The summed E-state index contributed by atoms with van der Waals surface area (Å²) in [6.07, 6.45) is 6.48. The van der Waals surface area contributed by atoms with Crippen molar-refractivity contribution in [2.75, 3.05) is 7.11 Å². The number of methoxy groups -OCH3 is 1. The number of hydrogen-bond donors (Lipinski definition) is 1. The average molecular weight is 478 g/mol. The van der Waals surface area contributed by atoms with Gasteiger partial charge in [-0.2, -0.15) is 4.31 Å². The van der Waals surface area contributed by atoms with Crippen molar-refractivity contribution in [3.05, 3.63) is 107 Å². The number of hydrogen-bond acceptors (Lipinski definition) is 4. The van der Waals surface area contributed by atoms with Crippen LogP contribution in [0.1, 0.15) is 29.2 Å². The number of para-hydroxylation sites is 1. The Balaban J connectivity index is 1.95. The molecule has 3 rings (SSSR count). The summed E-state index contributed by atoms with van der Waals surface area (Å²) >= 11 is 0. The summed E-state index contributed by atoms with van der Waals surface area (Å²) in [5.41, 5.74) is 3.38. The molecule has 0 saturated heterocycles. The van der Waals surface area contributed by atoms with E-state index >= 15 is 0 Å². The number of aliphatic carboxylic acids is 1. The molecule has 0 amide bonds. The quantitative estimate of drug-likeness (QED) is 0.405. The van der Waals surface area contributed by atoms with Gasteiger partial charge >= 0.3 is 5.97 Å². The molecule has 0 aliphatic carbocycles. The molecular formula is C27H27NO5S. The second kappa shape index (κ2) is 11.4. The van der Waals surface area contributed by atoms with Gasteiger partial charge in [0.1, 0.15) is 10.6 Å². The third-order valence-electron chi connectivity index (χ3n) is 5.14. The van der Waals surface area contributed by atoms with Gasteiger partial charge in [0.05, 0.1) is 7.11 Å². The van der Waals surface area contributed by atoms with Crippen LogP contribution in [0.15, 0.2) is 89.8 Å². The highest BCUT2D eigenvalue weighted by molar-refractivity contribution is 7.89. The lowest BCUT2D eigenvalue weighted by Gasteiger charge is -2.24. The summed E-state index contributed by atoms with van der Waals surface area (Å²) < 4.78 is 34.1. The standard InChI is InChI=1S/C27H27NO5S/c1-3-6-21-9-13-23(14-10-21)19-28(34(31,32)26-8-5-4-7-25(26)33-2)20-24-15-11-22(12-16-24)17-18-27(29)30/h3-18H,19-20H2,1-2H3,(H,29,30)/b6-3+,18-17+. The molecule has 3 aromatic rings. The first-order chi connectivity index (χ1) is 16.3. The Labute approximate surface area is 200 Å². The normalized spacial score (nSPS) is 12.0. The van der Waals surface area contributed by atoms with Crippen molar-refractivity contribution < 1.29 is 23.1 Å². The van der Waals surface area contributed by atoms with Crippen LogP contribution in [0.25, 0.3) is 12.2 Å². The van der Waals surface area contributed by atoms with Gasteiger partial charge in [-0.15, -0.1) is 0 Å². The Morgan fingerprint density at radius 2 is 1.41 bits per heavy atom. The van der Waals surface area contributed by atoms with Crippen molar-refractivity contribution in [1.29, 1.82) is 0 Å². The van der Waals surface area contributed by atoms with Crippen LogP contribution in [0.4, 0.5) is 0 Å². The maximum Gasteiger partial charge on any atom is 0.328 e. The van der Waals surface area contributed by atoms with Crippen LogP contribution in [0.5, 0.6) is 5.75 Å². The fraction of sp³-hybridized carbons (Fsp3) is 0.148. The second-order valence-electron chi connectivity index (χ2n) is 7.58. The number of carbonyl (C=O) groups is 1. The lowest BCUT2D eigenvalue weighted by Crippen LogP contribution is -2.30. The van der Waals surface area contributed by atoms with Gasteiger partial charge in [0, 0.05) is 19.2 Å². The fourth-order valence-electron chi connectivity index (χ4n) is 3.43. The predicted molar refractivity (Wildman–Crippen MR) is 134 cm³/mol. The van der Waals surface area contributed by atoms with Crippen LogP contribution in [-0.4, -0.2) is 30.9 Å². The van der Waals surface area contributed by atoms with Crippen LogP contribution < -0.4 is 4.74 Å². The highest BCUT2D eigenvalue weighted by Crippen LogP contribution is 2.28. The molecule has 176 valence electrons. The predicted octanol–water partition coefficient (Wildman–Crippen LogP) is 5.22. The molecule has 7 heteroatoms. The summed E-state index contributed by atoms with van der Waals surface area (Å²) in [7, 11) is -2.44. The van der Waals surface area contributed by atoms with Crippen LogP contribution in [0.3, 0.4) is 0 Å². The number of ether oxygens (including phenoxy) is 1. The van der Waals surface area contributed by atoms with Crippen molar-refractivity contribution in [1.82, 2.24) is 4.31 Å². The Morgan fingerprint density at radius 3 is 1.91 bits per heavy atom. The van der Waals surface area contributed by atoms with E-state index in [0.717, 1.165) is 22.8 Å². The largest absolute Gasteiger partial charge is 0.495 e. The smallest absolute Gasteiger partial charge is 0.328 e. The molecule has 0 aliphatic heterocycles. The van der Waals surface area contributed by atoms with Gasteiger partial charge in [-0.25, -0.2) is 13.2 Å². The van der Waals surface area contributed by atoms with E-state index in [1.807, 2.05) is 43.3 Å². The topological polar surface area (TPSA) is 83.9 Å². The number of carboxylic acid groups (broad SMARTS) is 1. The number of nitrogens with zero attached hydrogens (tertiary/aromatic N) is 1. The van der Waals surface area contributed by atoms with Gasteiger partial charge in [-0.1, -0.05) is 72.8 Å². The van der Waals surface area contributed by atoms with Crippen molar-refractivity contribution in [2.45, 2.75) is 24.9 Å². The molecule has 0 saturated carbocycles. The molecular weight excluding hydrogens is 450 g/mol. The number of allylic oxidation sites excluding steroid dienone is 1. The molecule has 3 aromatic carbocycles. The van der Waals surface area contributed by atoms with Crippen molar-refractivity contribution in [3.63, 3.8) is 0 Å². The SMILES string of the molecule is C/C=C/c1ccc(CN(Cc2ccc(/C=C/C(=O)O)cc2)S(=O)(=O)c2ccccc2OC)cc1. The summed E-state index contributed by atoms with van der Waals surface area (Å²) in [5.74, 6) is -0.747. The molecule has 34 heavy (non-hydrogen) atoms. The van der Waals surface area contributed by atoms with Crippen LogP contribution in [-0.2, 0) is 27.9 Å². The molecule has 0 radical (unpaired) electrons. The summed E-state index contributed by atoms with van der Waals surface area (Å²) in [4.78, 5) is 10.8. The van der Waals surface area contributed by atoms with E-state index in [1.54, 1.807) is 42.5 Å². The second-order valence-corrected chi connectivity index (χ2v) is 9.49. The Hall–Kier alpha value is -3.68. The minimum Gasteiger partial charge on any atom is -0.495 e. The Morgan fingerprint density at radius 1 is 0.882 bits per heavy atom. The van der Waals surface area contributed by atoms with E-state index in [2.05, 4.69) is 0 Å². The number of carboxylic acids is 1. The van der Waals surface area contributed by atoms with Crippen molar-refractivity contribution in [2.24, 2.45) is 0 Å². The Bertz CT molecular complexity index is 1280. The molecule has 0 spiro atoms. The van der Waals surface area contributed by atoms with Gasteiger partial charge in [0.2, 0.25) is 10.0 Å². The maximum absolute atomic E-state index is 13.7. The third-order valence-corrected chi connectivity index (χ3v) is 6.97. The van der Waals surface area contributed by atoms with E-state index in [0.29, 0.717) is 5.56 Å². The van der Waals surface area contributed by atoms with E-state index < -0.39 is 16.0 Å². The van der Waals surface area contributed by atoms with E-state index in [9.17, 15) is 13.2 Å². The fourth-order valence-corrected chi connectivity index (χ4v) is 5.00. The number of benzene rings is 3. The van der Waals surface area contributed by atoms with Gasteiger partial charge in [0.15, 0.2) is 0 Å². The molecule has 0 atom stereocenters. The van der Waals surface area contributed by atoms with E-state index in [-0.39, 0.29) is 23.7 Å². The molecule has 0 heterocycles. The average Bonchev–Trinajstić information content (AvgIpc) is 2.84. The molecule has 0 aromatic heterocycles. The molecule has 0 unspecified atom stereocenters. The summed E-state index contributed by atoms with van der Waals surface area (Å²) in [6, 6.07) is 21.4. The molecule has 1 N–H and O–H groups in total. The molecule has 0 aliphatic rings. The minimum atomic E-state index is -3.89. The first-order valence-electron chi connectivity index (χ1n) is 10.7. The first-order valence-corrected chi connectivity index (χ1v) is 12.1. The number of rotatable bonds is 10. The first kappa shape index (κ1) is 25.0. The highest BCUT2D eigenvalue weighted by Gasteiger charge is 2.28. The third kappa shape index (κ3) is 6.43. The van der Waals surface area contributed by atoms with Gasteiger partial charge in [0.25, 0.3) is 0 Å². The lowest BCUT2D eigenvalue weighted by molar-refractivity contribution is -0.131.